The first-order chi connectivity index (χ1) is 5.86. The second kappa shape index (κ2) is 5.27. The topological polar surface area (TPSA) is 22.4 Å². The largest absolute Gasteiger partial charge is 0.464 e. The number of ether oxygens (including phenoxy) is 1. The molecular formula is C9H14O2S. The molecule has 0 bridgehead atoms. The van der Waals surface area contributed by atoms with E-state index in [2.05, 4.69) is 12.6 Å². The predicted octanol–water partition coefficient (Wildman–Crippen LogP) is 2.29. The van der Waals surface area contributed by atoms with E-state index in [1.807, 2.05) is 12.1 Å². The molecule has 0 amide bonds. The van der Waals surface area contributed by atoms with Crippen LogP contribution in [-0.4, -0.2) is 12.9 Å². The van der Waals surface area contributed by atoms with Gasteiger partial charge in [0.2, 0.25) is 0 Å². The summed E-state index contributed by atoms with van der Waals surface area (Å²) in [5.41, 5.74) is 0. The van der Waals surface area contributed by atoms with E-state index in [0.717, 1.165) is 30.1 Å². The van der Waals surface area contributed by atoms with E-state index >= 15 is 0 Å². The van der Waals surface area contributed by atoms with Crippen LogP contribution in [0.15, 0.2) is 16.5 Å². The van der Waals surface area contributed by atoms with Crippen LogP contribution in [0.4, 0.5) is 0 Å². The third kappa shape index (κ3) is 2.91. The van der Waals surface area contributed by atoms with Gasteiger partial charge >= 0.3 is 0 Å². The Morgan fingerprint density at radius 1 is 1.42 bits per heavy atom. The van der Waals surface area contributed by atoms with Crippen molar-refractivity contribution >= 4 is 12.6 Å². The minimum Gasteiger partial charge on any atom is -0.464 e. The van der Waals surface area contributed by atoms with Gasteiger partial charge in [0.05, 0.1) is 0 Å². The van der Waals surface area contributed by atoms with Gasteiger partial charge in [-0.05, 0) is 24.3 Å². The van der Waals surface area contributed by atoms with Crippen LogP contribution in [0.1, 0.15) is 17.9 Å². The van der Waals surface area contributed by atoms with Crippen molar-refractivity contribution < 1.29 is 9.15 Å². The molecule has 1 aromatic heterocycles. The second-order valence-corrected chi connectivity index (χ2v) is 3.08. The number of furan rings is 1. The third-order valence-corrected chi connectivity index (χ3v) is 1.90. The van der Waals surface area contributed by atoms with Gasteiger partial charge in [-0.25, -0.2) is 0 Å². The average molecular weight is 186 g/mol. The summed E-state index contributed by atoms with van der Waals surface area (Å²) in [6.45, 7) is 0.556. The van der Waals surface area contributed by atoms with Crippen LogP contribution in [-0.2, 0) is 17.8 Å². The average Bonchev–Trinajstić information content (AvgIpc) is 2.50. The zero-order chi connectivity index (χ0) is 8.81. The summed E-state index contributed by atoms with van der Waals surface area (Å²) >= 11 is 4.13. The van der Waals surface area contributed by atoms with Gasteiger partial charge in [0.1, 0.15) is 18.1 Å². The highest BCUT2D eigenvalue weighted by Crippen LogP contribution is 2.10. The summed E-state index contributed by atoms with van der Waals surface area (Å²) in [5, 5.41) is 0. The van der Waals surface area contributed by atoms with Crippen LogP contribution in [0.5, 0.6) is 0 Å². The smallest absolute Gasteiger partial charge is 0.129 e. The molecule has 0 spiro atoms. The molecule has 68 valence electrons. The molecule has 1 rings (SSSR count). The Balaban J connectivity index is 2.41. The maximum absolute atomic E-state index is 5.47. The highest BCUT2D eigenvalue weighted by molar-refractivity contribution is 7.80. The van der Waals surface area contributed by atoms with Crippen molar-refractivity contribution in [2.24, 2.45) is 0 Å². The van der Waals surface area contributed by atoms with E-state index in [9.17, 15) is 0 Å². The van der Waals surface area contributed by atoms with Gasteiger partial charge in [0.25, 0.3) is 0 Å². The first-order valence-corrected chi connectivity index (χ1v) is 4.67. The third-order valence-electron chi connectivity index (χ3n) is 1.59. The van der Waals surface area contributed by atoms with Gasteiger partial charge < -0.3 is 9.15 Å². The molecule has 1 heterocycles. The Hall–Kier alpha value is -0.410. The highest BCUT2D eigenvalue weighted by atomic mass is 32.1. The van der Waals surface area contributed by atoms with Gasteiger partial charge in [-0.1, -0.05) is 0 Å². The monoisotopic (exact) mass is 186 g/mol. The molecule has 3 heteroatoms. The standard InChI is InChI=1S/C9H14O2S/c1-10-7-9-5-4-8(11-9)3-2-6-12/h4-5,12H,2-3,6-7H2,1H3. The van der Waals surface area contributed by atoms with E-state index in [4.69, 9.17) is 9.15 Å². The number of aryl methyl sites for hydroxylation is 1. The molecule has 0 N–H and O–H groups in total. The van der Waals surface area contributed by atoms with Crippen molar-refractivity contribution in [2.75, 3.05) is 12.9 Å². The fourth-order valence-electron chi connectivity index (χ4n) is 1.03. The lowest BCUT2D eigenvalue weighted by Gasteiger charge is -1.94. The van der Waals surface area contributed by atoms with E-state index in [1.165, 1.54) is 0 Å². The van der Waals surface area contributed by atoms with Crippen LogP contribution in [0.2, 0.25) is 0 Å². The molecule has 0 aliphatic heterocycles. The Kier molecular flexibility index (Phi) is 4.25. The molecule has 0 aromatic carbocycles. The number of rotatable bonds is 5. The van der Waals surface area contributed by atoms with Crippen molar-refractivity contribution in [3.63, 3.8) is 0 Å². The highest BCUT2D eigenvalue weighted by Gasteiger charge is 2.00. The summed E-state index contributed by atoms with van der Waals surface area (Å²) in [6.07, 6.45) is 2.02. The van der Waals surface area contributed by atoms with E-state index < -0.39 is 0 Å². The summed E-state index contributed by atoms with van der Waals surface area (Å²) in [4.78, 5) is 0. The number of methoxy groups -OCH3 is 1. The normalized spacial score (nSPS) is 10.5. The predicted molar refractivity (Wildman–Crippen MR) is 51.6 cm³/mol. The SMILES string of the molecule is COCc1ccc(CCCS)o1. The summed E-state index contributed by atoms with van der Waals surface area (Å²) in [7, 11) is 1.66. The maximum Gasteiger partial charge on any atom is 0.129 e. The minimum atomic E-state index is 0.556. The summed E-state index contributed by atoms with van der Waals surface area (Å²) < 4.78 is 10.4. The second-order valence-electron chi connectivity index (χ2n) is 2.63. The van der Waals surface area contributed by atoms with Crippen LogP contribution < -0.4 is 0 Å². The quantitative estimate of drug-likeness (QED) is 0.713. The molecule has 2 nitrogen and oxygen atoms in total. The Bertz CT molecular complexity index is 220. The fourth-order valence-corrected chi connectivity index (χ4v) is 1.19. The molecule has 0 radical (unpaired) electrons. The molecule has 0 aliphatic carbocycles. The van der Waals surface area contributed by atoms with Gasteiger partial charge in [-0.3, -0.25) is 0 Å². The molecular weight excluding hydrogens is 172 g/mol. The van der Waals surface area contributed by atoms with Gasteiger partial charge in [-0.15, -0.1) is 0 Å². The van der Waals surface area contributed by atoms with E-state index in [-0.39, 0.29) is 0 Å². The van der Waals surface area contributed by atoms with Crippen molar-refractivity contribution in [2.45, 2.75) is 19.4 Å². The zero-order valence-corrected chi connectivity index (χ0v) is 8.14. The lowest BCUT2D eigenvalue weighted by atomic mass is 10.3. The van der Waals surface area contributed by atoms with E-state index in [0.29, 0.717) is 6.61 Å². The van der Waals surface area contributed by atoms with Gasteiger partial charge in [-0.2, -0.15) is 12.6 Å². The van der Waals surface area contributed by atoms with Crippen molar-refractivity contribution in [3.8, 4) is 0 Å². The first-order valence-electron chi connectivity index (χ1n) is 4.04. The van der Waals surface area contributed by atoms with Gasteiger partial charge in [0.15, 0.2) is 0 Å². The van der Waals surface area contributed by atoms with Crippen molar-refractivity contribution in [1.82, 2.24) is 0 Å². The maximum atomic E-state index is 5.47. The molecule has 0 atom stereocenters. The van der Waals surface area contributed by atoms with Crippen LogP contribution in [0.25, 0.3) is 0 Å². The Morgan fingerprint density at radius 3 is 2.83 bits per heavy atom. The summed E-state index contributed by atoms with van der Waals surface area (Å²) in [6, 6.07) is 3.95. The summed E-state index contributed by atoms with van der Waals surface area (Å²) in [5.74, 6) is 2.82. The van der Waals surface area contributed by atoms with Crippen molar-refractivity contribution in [1.29, 1.82) is 0 Å². The lowest BCUT2D eigenvalue weighted by molar-refractivity contribution is 0.162. The number of thiol groups is 1. The van der Waals surface area contributed by atoms with Crippen LogP contribution in [0.3, 0.4) is 0 Å². The lowest BCUT2D eigenvalue weighted by Crippen LogP contribution is -1.84. The van der Waals surface area contributed by atoms with Crippen molar-refractivity contribution in [3.05, 3.63) is 23.7 Å². The molecule has 0 unspecified atom stereocenters. The Labute approximate surface area is 78.3 Å². The van der Waals surface area contributed by atoms with Gasteiger partial charge in [0, 0.05) is 13.5 Å². The van der Waals surface area contributed by atoms with E-state index in [1.54, 1.807) is 7.11 Å². The first kappa shape index (κ1) is 9.68. The molecule has 0 fully saturated rings. The van der Waals surface area contributed by atoms with Crippen LogP contribution >= 0.6 is 12.6 Å². The Morgan fingerprint density at radius 2 is 2.17 bits per heavy atom. The van der Waals surface area contributed by atoms with Crippen LogP contribution in [0, 0.1) is 0 Å². The fraction of sp³-hybridized carbons (Fsp3) is 0.556. The molecule has 0 saturated heterocycles. The molecule has 0 aliphatic rings. The molecule has 12 heavy (non-hydrogen) atoms. The molecule has 1 aromatic rings. The number of hydrogen-bond donors (Lipinski definition) is 1. The molecule has 0 saturated carbocycles. The number of hydrogen-bond acceptors (Lipinski definition) is 3. The minimum absolute atomic E-state index is 0.556. The zero-order valence-electron chi connectivity index (χ0n) is 7.25.